The van der Waals surface area contributed by atoms with Crippen LogP contribution in [0.3, 0.4) is 0 Å². The van der Waals surface area contributed by atoms with Crippen molar-refractivity contribution in [1.29, 1.82) is 0 Å². The second-order valence-corrected chi connectivity index (χ2v) is 6.91. The lowest BCUT2D eigenvalue weighted by Crippen LogP contribution is -1.74. The third-order valence-corrected chi connectivity index (χ3v) is 4.69. The summed E-state index contributed by atoms with van der Waals surface area (Å²) in [4.78, 5) is 0. The van der Waals surface area contributed by atoms with Gasteiger partial charge in [0.2, 0.25) is 0 Å². The third-order valence-electron chi connectivity index (χ3n) is 1.55. The lowest BCUT2D eigenvalue weighted by Gasteiger charge is -1.94. The fourth-order valence-corrected chi connectivity index (χ4v) is 4.78. The van der Waals surface area contributed by atoms with Crippen LogP contribution in [-0.2, 0) is 0 Å². The molecule has 0 amide bonds. The number of allylic oxidation sites excluding steroid dienone is 2. The van der Waals surface area contributed by atoms with Crippen LogP contribution in [0, 0.1) is 0 Å². The quantitative estimate of drug-likeness (QED) is 0.409. The van der Waals surface area contributed by atoms with Gasteiger partial charge in [0, 0.05) is 0 Å². The molecule has 0 N–H and O–H groups in total. The topological polar surface area (TPSA) is 0 Å². The number of halogens is 1. The smallest absolute Gasteiger partial charge is 0.00131 e. The minimum absolute atomic E-state index is 0.195. The van der Waals surface area contributed by atoms with Gasteiger partial charge in [-0.2, -0.15) is 0 Å². The minimum atomic E-state index is 0.195. The first-order valence-electron chi connectivity index (χ1n) is 2.76. The molecule has 8 heavy (non-hydrogen) atoms. The minimum Gasteiger partial charge on any atom is -0.0689 e. The van der Waals surface area contributed by atoms with Gasteiger partial charge < -0.3 is 0 Å². The van der Waals surface area contributed by atoms with Crippen molar-refractivity contribution in [1.82, 2.24) is 0 Å². The molecule has 0 aromatic rings. The molecule has 1 aliphatic rings. The highest BCUT2D eigenvalue weighted by atomic mass is 79.9. The summed E-state index contributed by atoms with van der Waals surface area (Å²) in [6.07, 6.45) is 2.64. The maximum absolute atomic E-state index is 3.64. The van der Waals surface area contributed by atoms with E-state index in [1.54, 1.807) is 11.1 Å². The average Bonchev–Trinajstić information content (AvgIpc) is 1.85. The Kier molecular flexibility index (Phi) is 2.11. The molecule has 0 saturated heterocycles. The molecule has 0 atom stereocenters. The van der Waals surface area contributed by atoms with Crippen molar-refractivity contribution in [2.45, 2.75) is 13.8 Å². The first kappa shape index (κ1) is 6.77. The predicted molar refractivity (Wildman–Crippen MR) is 44.0 cm³/mol. The Balaban J connectivity index is 2.60. The van der Waals surface area contributed by atoms with Crippen LogP contribution in [0.5, 0.6) is 0 Å². The molecular formula is C6H10BrP. The average molecular weight is 193 g/mol. The molecule has 0 fully saturated rings. The van der Waals surface area contributed by atoms with Gasteiger partial charge in [-0.05, 0) is 32.8 Å². The van der Waals surface area contributed by atoms with Crippen molar-refractivity contribution >= 4 is 22.1 Å². The van der Waals surface area contributed by atoms with Crippen LogP contribution in [0.25, 0.3) is 0 Å². The fourth-order valence-electron chi connectivity index (χ4n) is 0.841. The molecule has 1 rings (SSSR count). The molecule has 46 valence electrons. The van der Waals surface area contributed by atoms with E-state index in [2.05, 4.69) is 29.3 Å². The maximum atomic E-state index is 3.64. The van der Waals surface area contributed by atoms with Crippen molar-refractivity contribution in [3.63, 3.8) is 0 Å². The van der Waals surface area contributed by atoms with E-state index in [4.69, 9.17) is 0 Å². The fraction of sp³-hybridized carbons (Fsp3) is 0.667. The van der Waals surface area contributed by atoms with Crippen molar-refractivity contribution < 1.29 is 0 Å². The van der Waals surface area contributed by atoms with Crippen LogP contribution in [0.4, 0.5) is 0 Å². The molecule has 2 heteroatoms. The predicted octanol–water partition coefficient (Wildman–Crippen LogP) is 3.13. The van der Waals surface area contributed by atoms with Crippen LogP contribution in [0.1, 0.15) is 13.8 Å². The van der Waals surface area contributed by atoms with Crippen LogP contribution < -0.4 is 0 Å². The summed E-state index contributed by atoms with van der Waals surface area (Å²) < 4.78 is 0. The second kappa shape index (κ2) is 2.49. The Bertz CT molecular complexity index is 114. The molecule has 0 unspecified atom stereocenters. The number of hydrogen-bond acceptors (Lipinski definition) is 0. The van der Waals surface area contributed by atoms with E-state index in [9.17, 15) is 0 Å². The number of hydrogen-bond donors (Lipinski definition) is 0. The molecule has 0 aromatic carbocycles. The molecule has 0 nitrogen and oxygen atoms in total. The van der Waals surface area contributed by atoms with E-state index in [0.717, 1.165) is 0 Å². The van der Waals surface area contributed by atoms with Crippen molar-refractivity contribution in [2.24, 2.45) is 0 Å². The van der Waals surface area contributed by atoms with E-state index in [1.165, 1.54) is 12.3 Å². The lowest BCUT2D eigenvalue weighted by molar-refractivity contribution is 1.29. The van der Waals surface area contributed by atoms with Gasteiger partial charge >= 0.3 is 0 Å². The van der Waals surface area contributed by atoms with Crippen LogP contribution >= 0.6 is 22.1 Å². The zero-order chi connectivity index (χ0) is 6.15. The molecule has 0 aromatic heterocycles. The number of rotatable bonds is 0. The molecule has 0 saturated carbocycles. The lowest BCUT2D eigenvalue weighted by atomic mass is 10.2. The van der Waals surface area contributed by atoms with E-state index < -0.39 is 0 Å². The summed E-state index contributed by atoms with van der Waals surface area (Å²) in [7, 11) is 0. The Morgan fingerprint density at radius 1 is 1.25 bits per heavy atom. The monoisotopic (exact) mass is 192 g/mol. The molecule has 0 bridgehead atoms. The van der Waals surface area contributed by atoms with Gasteiger partial charge in [0.25, 0.3) is 0 Å². The van der Waals surface area contributed by atoms with E-state index in [0.29, 0.717) is 0 Å². The van der Waals surface area contributed by atoms with Crippen LogP contribution in [-0.4, -0.2) is 12.3 Å². The van der Waals surface area contributed by atoms with Crippen LogP contribution in [0.2, 0.25) is 0 Å². The molecule has 0 spiro atoms. The highest BCUT2D eigenvalue weighted by Gasteiger charge is 2.14. The second-order valence-electron chi connectivity index (χ2n) is 2.34. The van der Waals surface area contributed by atoms with E-state index in [-0.39, 0.29) is 6.62 Å². The molecule has 0 aliphatic carbocycles. The van der Waals surface area contributed by atoms with Gasteiger partial charge in [-0.3, -0.25) is 0 Å². The SMILES string of the molecule is CC1=C(C)CP(Br)C1. The van der Waals surface area contributed by atoms with Gasteiger partial charge in [-0.1, -0.05) is 26.6 Å². The van der Waals surface area contributed by atoms with Gasteiger partial charge in [-0.15, -0.1) is 0 Å². The summed E-state index contributed by atoms with van der Waals surface area (Å²) in [6, 6.07) is 0. The third kappa shape index (κ3) is 1.33. The van der Waals surface area contributed by atoms with Crippen LogP contribution in [0.15, 0.2) is 11.1 Å². The highest BCUT2D eigenvalue weighted by molar-refractivity contribution is 9.39. The summed E-state index contributed by atoms with van der Waals surface area (Å²) in [5.74, 6) is 0. The molecule has 1 heterocycles. The largest absolute Gasteiger partial charge is 0.0689 e. The highest BCUT2D eigenvalue weighted by Crippen LogP contribution is 2.52. The Morgan fingerprint density at radius 2 is 1.62 bits per heavy atom. The summed E-state index contributed by atoms with van der Waals surface area (Å²) >= 11 is 3.64. The van der Waals surface area contributed by atoms with Crippen molar-refractivity contribution in [3.05, 3.63) is 11.1 Å². The summed E-state index contributed by atoms with van der Waals surface area (Å²) in [6.45, 7) is 4.66. The van der Waals surface area contributed by atoms with Gasteiger partial charge in [0.1, 0.15) is 0 Å². The van der Waals surface area contributed by atoms with Gasteiger partial charge in [0.15, 0.2) is 0 Å². The summed E-state index contributed by atoms with van der Waals surface area (Å²) in [5, 5.41) is 0. The Morgan fingerprint density at radius 3 is 1.75 bits per heavy atom. The summed E-state index contributed by atoms with van der Waals surface area (Å²) in [5.41, 5.74) is 3.21. The molecule has 1 aliphatic heterocycles. The van der Waals surface area contributed by atoms with Crippen molar-refractivity contribution in [2.75, 3.05) is 12.3 Å². The Hall–Kier alpha value is 0.650. The standard InChI is InChI=1S/C6H10BrP/c1-5-3-8(7)4-6(5)2/h3-4H2,1-2H3. The maximum Gasteiger partial charge on any atom is -0.00131 e. The van der Waals surface area contributed by atoms with Gasteiger partial charge in [0.05, 0.1) is 0 Å². The first-order valence-corrected chi connectivity index (χ1v) is 6.49. The normalized spacial score (nSPS) is 22.9. The molecule has 0 radical (unpaired) electrons. The first-order chi connectivity index (χ1) is 3.70. The van der Waals surface area contributed by atoms with Gasteiger partial charge in [-0.25, -0.2) is 0 Å². The van der Waals surface area contributed by atoms with Crippen molar-refractivity contribution in [3.8, 4) is 0 Å². The van der Waals surface area contributed by atoms with E-state index >= 15 is 0 Å². The zero-order valence-corrected chi connectivity index (χ0v) is 7.72. The van der Waals surface area contributed by atoms with E-state index in [1.807, 2.05) is 0 Å². The molecular weight excluding hydrogens is 183 g/mol. The Labute approximate surface area is 59.8 Å². The zero-order valence-electron chi connectivity index (χ0n) is 5.24.